The predicted octanol–water partition coefficient (Wildman–Crippen LogP) is 5.30. The topological polar surface area (TPSA) is 51.7 Å². The Kier molecular flexibility index (Phi) is 7.72. The van der Waals surface area contributed by atoms with E-state index in [0.717, 1.165) is 27.6 Å². The minimum absolute atomic E-state index is 0.0850. The quantitative estimate of drug-likeness (QED) is 0.420. The van der Waals surface area contributed by atoms with E-state index in [0.29, 0.717) is 13.2 Å². The van der Waals surface area contributed by atoms with Gasteiger partial charge in [0.1, 0.15) is 18.1 Å². The molecule has 2 aromatic carbocycles. The van der Waals surface area contributed by atoms with Crippen LogP contribution in [0.4, 0.5) is 8.78 Å². The molecule has 162 valence electrons. The molecule has 0 saturated carbocycles. The van der Waals surface area contributed by atoms with E-state index in [2.05, 4.69) is 9.72 Å². The van der Waals surface area contributed by atoms with Gasteiger partial charge in [0.25, 0.3) is 0 Å². The highest BCUT2D eigenvalue weighted by Gasteiger charge is 2.08. The fourth-order valence-electron chi connectivity index (χ4n) is 2.73. The molecular formula is C23H22F2N2O3S. The maximum absolute atomic E-state index is 12.3. The number of hydrogen-bond donors (Lipinski definition) is 0. The van der Waals surface area contributed by atoms with E-state index in [1.54, 1.807) is 36.6 Å². The van der Waals surface area contributed by atoms with Crippen molar-refractivity contribution in [2.45, 2.75) is 26.7 Å². The number of thiazole rings is 1. The van der Waals surface area contributed by atoms with Crippen LogP contribution in [0, 0.1) is 6.92 Å². The molecule has 0 atom stereocenters. The first-order valence-electron chi connectivity index (χ1n) is 9.50. The molecule has 0 fully saturated rings. The average Bonchev–Trinajstić information content (AvgIpc) is 3.17. The molecule has 0 N–H and O–H groups in total. The number of amides is 1. The van der Waals surface area contributed by atoms with Crippen LogP contribution in [0.3, 0.4) is 0 Å². The molecule has 1 heterocycles. The van der Waals surface area contributed by atoms with Crippen LogP contribution in [-0.4, -0.2) is 29.5 Å². The van der Waals surface area contributed by atoms with Crippen LogP contribution >= 0.6 is 11.3 Å². The fourth-order valence-corrected chi connectivity index (χ4v) is 3.33. The molecule has 1 aromatic heterocycles. The number of aryl methyl sites for hydroxylation is 1. The van der Waals surface area contributed by atoms with Crippen LogP contribution < -0.4 is 9.47 Å². The van der Waals surface area contributed by atoms with Crippen molar-refractivity contribution in [1.29, 1.82) is 0 Å². The maximum atomic E-state index is 12.3. The highest BCUT2D eigenvalue weighted by atomic mass is 32.1. The standard InChI is InChI=1S/C23H22F2N2O3S/c1-16-26-19(15-31-16)14-29-20-8-3-17(4-9-20)7-12-22(28)27(2)13-18-5-10-21(11-6-18)30-23(24)25/h3-12,15,23H,13-14H2,1-2H3/b12-7+. The number of alkyl halides is 2. The van der Waals surface area contributed by atoms with Crippen LogP contribution in [0.1, 0.15) is 21.8 Å². The molecule has 5 nitrogen and oxygen atoms in total. The summed E-state index contributed by atoms with van der Waals surface area (Å²) in [7, 11) is 1.67. The number of halogens is 2. The van der Waals surface area contributed by atoms with Gasteiger partial charge in [0.2, 0.25) is 5.91 Å². The summed E-state index contributed by atoms with van der Waals surface area (Å²) in [5, 5.41) is 2.98. The molecule has 0 aliphatic carbocycles. The van der Waals surface area contributed by atoms with Gasteiger partial charge in [-0.05, 0) is 48.4 Å². The van der Waals surface area contributed by atoms with E-state index in [1.807, 2.05) is 36.6 Å². The van der Waals surface area contributed by atoms with Gasteiger partial charge in [-0.1, -0.05) is 24.3 Å². The summed E-state index contributed by atoms with van der Waals surface area (Å²) in [4.78, 5) is 18.2. The summed E-state index contributed by atoms with van der Waals surface area (Å²) in [5.41, 5.74) is 2.58. The fraction of sp³-hybridized carbons (Fsp3) is 0.217. The van der Waals surface area contributed by atoms with Crippen molar-refractivity contribution in [3.8, 4) is 11.5 Å². The second kappa shape index (κ2) is 10.7. The van der Waals surface area contributed by atoms with Crippen molar-refractivity contribution in [2.24, 2.45) is 0 Å². The van der Waals surface area contributed by atoms with Gasteiger partial charge in [0, 0.05) is 25.0 Å². The predicted molar refractivity (Wildman–Crippen MR) is 116 cm³/mol. The molecule has 3 aromatic rings. The first-order chi connectivity index (χ1) is 14.9. The van der Waals surface area contributed by atoms with Crippen molar-refractivity contribution < 1.29 is 23.0 Å². The van der Waals surface area contributed by atoms with Crippen LogP contribution in [0.2, 0.25) is 0 Å². The van der Waals surface area contributed by atoms with E-state index in [-0.39, 0.29) is 11.7 Å². The molecule has 31 heavy (non-hydrogen) atoms. The van der Waals surface area contributed by atoms with Crippen molar-refractivity contribution in [2.75, 3.05) is 7.05 Å². The van der Waals surface area contributed by atoms with Gasteiger partial charge in [0.15, 0.2) is 0 Å². The Balaban J connectivity index is 1.49. The smallest absolute Gasteiger partial charge is 0.387 e. The molecule has 8 heteroatoms. The average molecular weight is 445 g/mol. The third-order valence-corrected chi connectivity index (χ3v) is 5.12. The van der Waals surface area contributed by atoms with E-state index >= 15 is 0 Å². The van der Waals surface area contributed by atoms with Gasteiger partial charge in [-0.3, -0.25) is 4.79 Å². The minimum Gasteiger partial charge on any atom is -0.487 e. The summed E-state index contributed by atoms with van der Waals surface area (Å²) in [6, 6.07) is 13.6. The van der Waals surface area contributed by atoms with E-state index in [9.17, 15) is 13.6 Å². The molecule has 0 aliphatic rings. The van der Waals surface area contributed by atoms with Gasteiger partial charge in [0.05, 0.1) is 10.7 Å². The lowest BCUT2D eigenvalue weighted by Gasteiger charge is -2.15. The zero-order valence-corrected chi connectivity index (χ0v) is 17.9. The van der Waals surface area contributed by atoms with Crippen molar-refractivity contribution in [3.63, 3.8) is 0 Å². The van der Waals surface area contributed by atoms with Gasteiger partial charge >= 0.3 is 6.61 Å². The number of carbonyl (C=O) groups excluding carboxylic acids is 1. The lowest BCUT2D eigenvalue weighted by molar-refractivity contribution is -0.125. The number of aromatic nitrogens is 1. The van der Waals surface area contributed by atoms with E-state index < -0.39 is 6.61 Å². The highest BCUT2D eigenvalue weighted by Crippen LogP contribution is 2.17. The molecule has 0 saturated heterocycles. The normalized spacial score (nSPS) is 11.1. The molecule has 1 amide bonds. The Labute approximate surface area is 183 Å². The van der Waals surface area contributed by atoms with E-state index in [1.165, 1.54) is 23.1 Å². The zero-order chi connectivity index (χ0) is 22.2. The zero-order valence-electron chi connectivity index (χ0n) is 17.1. The van der Waals surface area contributed by atoms with Crippen LogP contribution in [0.25, 0.3) is 6.08 Å². The number of likely N-dealkylation sites (N-methyl/N-ethyl adjacent to an activating group) is 1. The Bertz CT molecular complexity index is 1020. The largest absolute Gasteiger partial charge is 0.487 e. The lowest BCUT2D eigenvalue weighted by Crippen LogP contribution is -2.24. The number of nitrogens with zero attached hydrogens (tertiary/aromatic N) is 2. The third kappa shape index (κ3) is 7.18. The second-order valence-electron chi connectivity index (χ2n) is 6.77. The first-order valence-corrected chi connectivity index (χ1v) is 10.4. The molecule has 0 unspecified atom stereocenters. The van der Waals surface area contributed by atoms with Crippen LogP contribution in [0.15, 0.2) is 60.0 Å². The molecule has 0 radical (unpaired) electrons. The third-order valence-electron chi connectivity index (χ3n) is 4.30. The monoisotopic (exact) mass is 444 g/mol. The number of ether oxygens (including phenoxy) is 2. The Morgan fingerprint density at radius 3 is 2.42 bits per heavy atom. The Morgan fingerprint density at radius 1 is 1.13 bits per heavy atom. The van der Waals surface area contributed by atoms with Crippen molar-refractivity contribution in [1.82, 2.24) is 9.88 Å². The summed E-state index contributed by atoms with van der Waals surface area (Å²) >= 11 is 1.59. The molecule has 0 bridgehead atoms. The first kappa shape index (κ1) is 22.4. The second-order valence-corrected chi connectivity index (χ2v) is 7.83. The molecule has 0 aliphatic heterocycles. The van der Waals surface area contributed by atoms with Gasteiger partial charge in [-0.25, -0.2) is 4.98 Å². The minimum atomic E-state index is -2.86. The molecule has 0 spiro atoms. The van der Waals surface area contributed by atoms with Gasteiger partial charge in [-0.2, -0.15) is 8.78 Å². The van der Waals surface area contributed by atoms with Gasteiger partial charge < -0.3 is 14.4 Å². The lowest BCUT2D eigenvalue weighted by atomic mass is 10.2. The number of carbonyl (C=O) groups is 1. The van der Waals surface area contributed by atoms with Crippen molar-refractivity contribution >= 4 is 23.3 Å². The van der Waals surface area contributed by atoms with Crippen LogP contribution in [-0.2, 0) is 17.9 Å². The maximum Gasteiger partial charge on any atom is 0.387 e. The Hall–Kier alpha value is -3.26. The summed E-state index contributed by atoms with van der Waals surface area (Å²) in [6.45, 7) is -0.141. The summed E-state index contributed by atoms with van der Waals surface area (Å²) < 4.78 is 34.4. The summed E-state index contributed by atoms with van der Waals surface area (Å²) in [5.74, 6) is 0.638. The Morgan fingerprint density at radius 2 is 1.81 bits per heavy atom. The van der Waals surface area contributed by atoms with E-state index in [4.69, 9.17) is 4.74 Å². The molecule has 3 rings (SSSR count). The highest BCUT2D eigenvalue weighted by molar-refractivity contribution is 7.09. The number of benzene rings is 2. The van der Waals surface area contributed by atoms with Crippen LogP contribution in [0.5, 0.6) is 11.5 Å². The summed E-state index contributed by atoms with van der Waals surface area (Å²) in [6.07, 6.45) is 3.22. The SMILES string of the molecule is Cc1nc(COc2ccc(/C=C/C(=O)N(C)Cc3ccc(OC(F)F)cc3)cc2)cs1. The number of rotatable bonds is 9. The van der Waals surface area contributed by atoms with Crippen molar-refractivity contribution in [3.05, 3.63) is 81.8 Å². The number of hydrogen-bond acceptors (Lipinski definition) is 5. The molecular weight excluding hydrogens is 422 g/mol. The van der Waals surface area contributed by atoms with Gasteiger partial charge in [-0.15, -0.1) is 11.3 Å².